The fourth-order valence-electron chi connectivity index (χ4n) is 2.73. The average molecular weight is 210 g/mol. The molecule has 2 saturated heterocycles. The van der Waals surface area contributed by atoms with E-state index in [1.807, 2.05) is 0 Å². The van der Waals surface area contributed by atoms with Gasteiger partial charge in [0, 0.05) is 25.6 Å². The molecule has 2 aliphatic rings. The number of likely N-dealkylation sites (tertiary alicyclic amines) is 1. The molecule has 3 nitrogen and oxygen atoms in total. The number of carbonyl (C=O) groups excluding carboxylic acids is 1. The summed E-state index contributed by atoms with van der Waals surface area (Å²) in [6.45, 7) is 7.50. The molecule has 1 N–H and O–H groups in total. The zero-order valence-electron chi connectivity index (χ0n) is 9.83. The molecule has 86 valence electrons. The van der Waals surface area contributed by atoms with E-state index in [9.17, 15) is 4.79 Å². The van der Waals surface area contributed by atoms with Crippen LogP contribution in [0.15, 0.2) is 0 Å². The van der Waals surface area contributed by atoms with Gasteiger partial charge in [0.15, 0.2) is 0 Å². The first-order chi connectivity index (χ1) is 7.18. The second-order valence-electron chi connectivity index (χ2n) is 5.23. The molecular formula is C12H22N2O. The lowest BCUT2D eigenvalue weighted by molar-refractivity contribution is -0.137. The van der Waals surface area contributed by atoms with E-state index in [2.05, 4.69) is 24.1 Å². The summed E-state index contributed by atoms with van der Waals surface area (Å²) in [5, 5.41) is 3.33. The molecule has 1 amide bonds. The Morgan fingerprint density at radius 3 is 2.73 bits per heavy atom. The maximum absolute atomic E-state index is 12.0. The minimum Gasteiger partial charge on any atom is -0.338 e. The second kappa shape index (κ2) is 4.52. The normalized spacial score (nSPS) is 32.7. The predicted molar refractivity (Wildman–Crippen MR) is 60.5 cm³/mol. The number of hydrogen-bond acceptors (Lipinski definition) is 2. The Morgan fingerprint density at radius 2 is 2.20 bits per heavy atom. The maximum atomic E-state index is 12.0. The third-order valence-electron chi connectivity index (χ3n) is 3.92. The molecule has 2 unspecified atom stereocenters. The van der Waals surface area contributed by atoms with E-state index < -0.39 is 0 Å². The van der Waals surface area contributed by atoms with Crippen molar-refractivity contribution >= 4 is 5.91 Å². The Balaban J connectivity index is 1.91. The second-order valence-corrected chi connectivity index (χ2v) is 5.23. The van der Waals surface area contributed by atoms with Crippen LogP contribution >= 0.6 is 0 Å². The Bertz CT molecular complexity index is 234. The molecule has 2 atom stereocenters. The van der Waals surface area contributed by atoms with Gasteiger partial charge in [-0.15, -0.1) is 0 Å². The first-order valence-electron chi connectivity index (χ1n) is 6.18. The van der Waals surface area contributed by atoms with Crippen LogP contribution in [0.4, 0.5) is 0 Å². The Labute approximate surface area is 92.2 Å². The predicted octanol–water partition coefficient (Wildman–Crippen LogP) is 1.24. The van der Waals surface area contributed by atoms with Gasteiger partial charge in [-0.2, -0.15) is 0 Å². The monoisotopic (exact) mass is 210 g/mol. The van der Waals surface area contributed by atoms with Gasteiger partial charge < -0.3 is 10.2 Å². The summed E-state index contributed by atoms with van der Waals surface area (Å²) in [5.74, 6) is 1.65. The van der Waals surface area contributed by atoms with Crippen LogP contribution in [0, 0.1) is 11.8 Å². The zero-order chi connectivity index (χ0) is 10.8. The third-order valence-corrected chi connectivity index (χ3v) is 3.92. The number of piperidine rings is 1. The van der Waals surface area contributed by atoms with E-state index in [0.717, 1.165) is 32.5 Å². The van der Waals surface area contributed by atoms with Crippen molar-refractivity contribution in [1.82, 2.24) is 10.2 Å². The molecule has 0 aliphatic carbocycles. The Hall–Kier alpha value is -0.570. The summed E-state index contributed by atoms with van der Waals surface area (Å²) in [6, 6.07) is 0.477. The Kier molecular flexibility index (Phi) is 3.29. The molecule has 0 bridgehead atoms. The van der Waals surface area contributed by atoms with Crippen LogP contribution in [0.2, 0.25) is 0 Å². The van der Waals surface area contributed by atoms with E-state index in [0.29, 0.717) is 23.8 Å². The van der Waals surface area contributed by atoms with Gasteiger partial charge >= 0.3 is 0 Å². The maximum Gasteiger partial charge on any atom is 0.223 e. The fourth-order valence-corrected chi connectivity index (χ4v) is 2.73. The van der Waals surface area contributed by atoms with Crippen molar-refractivity contribution in [3.05, 3.63) is 0 Å². The summed E-state index contributed by atoms with van der Waals surface area (Å²) in [6.07, 6.45) is 3.10. The lowest BCUT2D eigenvalue weighted by atomic mass is 9.86. The van der Waals surface area contributed by atoms with Gasteiger partial charge in [-0.05, 0) is 31.2 Å². The van der Waals surface area contributed by atoms with Crippen LogP contribution in [0.3, 0.4) is 0 Å². The largest absolute Gasteiger partial charge is 0.338 e. The highest BCUT2D eigenvalue weighted by molar-refractivity contribution is 5.77. The van der Waals surface area contributed by atoms with Crippen molar-refractivity contribution < 1.29 is 4.79 Å². The van der Waals surface area contributed by atoms with Gasteiger partial charge in [0.1, 0.15) is 0 Å². The minimum atomic E-state index is 0.383. The summed E-state index contributed by atoms with van der Waals surface area (Å²) < 4.78 is 0. The van der Waals surface area contributed by atoms with Crippen LogP contribution in [-0.4, -0.2) is 36.5 Å². The quantitative estimate of drug-likeness (QED) is 0.744. The Morgan fingerprint density at radius 1 is 1.40 bits per heavy atom. The van der Waals surface area contributed by atoms with Crippen LogP contribution in [-0.2, 0) is 4.79 Å². The standard InChI is InChI=1S/C12H22N2O/c1-9(2)10-4-6-14(12(15)7-10)11-3-5-13-8-11/h9-11,13H,3-8H2,1-2H3. The lowest BCUT2D eigenvalue weighted by Gasteiger charge is -2.37. The molecule has 2 heterocycles. The van der Waals surface area contributed by atoms with Gasteiger partial charge in [0.05, 0.1) is 0 Å². The zero-order valence-corrected chi connectivity index (χ0v) is 9.83. The van der Waals surface area contributed by atoms with Gasteiger partial charge in [-0.25, -0.2) is 0 Å². The van der Waals surface area contributed by atoms with Crippen molar-refractivity contribution in [2.75, 3.05) is 19.6 Å². The molecule has 0 spiro atoms. The number of hydrogen-bond donors (Lipinski definition) is 1. The first-order valence-corrected chi connectivity index (χ1v) is 6.18. The molecule has 2 aliphatic heterocycles. The van der Waals surface area contributed by atoms with Crippen molar-refractivity contribution in [2.24, 2.45) is 11.8 Å². The van der Waals surface area contributed by atoms with E-state index in [1.165, 1.54) is 6.42 Å². The molecule has 2 fully saturated rings. The molecule has 2 rings (SSSR count). The molecule has 15 heavy (non-hydrogen) atoms. The molecule has 0 aromatic heterocycles. The number of carbonyl (C=O) groups is 1. The average Bonchev–Trinajstić information content (AvgIpc) is 2.70. The molecule has 0 radical (unpaired) electrons. The highest BCUT2D eigenvalue weighted by Gasteiger charge is 2.32. The molecule has 0 aromatic rings. The van der Waals surface area contributed by atoms with Gasteiger partial charge in [0.2, 0.25) is 5.91 Å². The smallest absolute Gasteiger partial charge is 0.223 e. The van der Waals surface area contributed by atoms with Gasteiger partial charge in [-0.3, -0.25) is 4.79 Å². The third kappa shape index (κ3) is 2.33. The number of amides is 1. The molecule has 3 heteroatoms. The van der Waals surface area contributed by atoms with Crippen LogP contribution < -0.4 is 5.32 Å². The molecule has 0 saturated carbocycles. The highest BCUT2D eigenvalue weighted by Crippen LogP contribution is 2.27. The van der Waals surface area contributed by atoms with E-state index in [4.69, 9.17) is 0 Å². The lowest BCUT2D eigenvalue weighted by Crippen LogP contribution is -2.47. The van der Waals surface area contributed by atoms with Gasteiger partial charge in [-0.1, -0.05) is 13.8 Å². The summed E-state index contributed by atoms with van der Waals surface area (Å²) in [7, 11) is 0. The van der Waals surface area contributed by atoms with Crippen molar-refractivity contribution in [2.45, 2.75) is 39.2 Å². The van der Waals surface area contributed by atoms with Crippen molar-refractivity contribution in [3.8, 4) is 0 Å². The fraction of sp³-hybridized carbons (Fsp3) is 0.917. The van der Waals surface area contributed by atoms with Crippen LogP contribution in [0.25, 0.3) is 0 Å². The van der Waals surface area contributed by atoms with Crippen molar-refractivity contribution in [3.63, 3.8) is 0 Å². The van der Waals surface area contributed by atoms with Gasteiger partial charge in [0.25, 0.3) is 0 Å². The summed E-state index contributed by atoms with van der Waals surface area (Å²) in [4.78, 5) is 14.1. The topological polar surface area (TPSA) is 32.3 Å². The summed E-state index contributed by atoms with van der Waals surface area (Å²) >= 11 is 0. The first kappa shape index (κ1) is 10.9. The number of nitrogens with zero attached hydrogens (tertiary/aromatic N) is 1. The van der Waals surface area contributed by atoms with Crippen LogP contribution in [0.5, 0.6) is 0 Å². The van der Waals surface area contributed by atoms with E-state index >= 15 is 0 Å². The van der Waals surface area contributed by atoms with E-state index in [-0.39, 0.29) is 0 Å². The number of rotatable bonds is 2. The SMILES string of the molecule is CC(C)C1CCN(C2CCNC2)C(=O)C1. The highest BCUT2D eigenvalue weighted by atomic mass is 16.2. The van der Waals surface area contributed by atoms with E-state index in [1.54, 1.807) is 0 Å². The van der Waals surface area contributed by atoms with Crippen molar-refractivity contribution in [1.29, 1.82) is 0 Å². The minimum absolute atomic E-state index is 0.383. The summed E-state index contributed by atoms with van der Waals surface area (Å²) in [5.41, 5.74) is 0. The molecule has 0 aromatic carbocycles. The number of nitrogens with one attached hydrogen (secondary N) is 1. The molecular weight excluding hydrogens is 188 g/mol. The van der Waals surface area contributed by atoms with Crippen LogP contribution in [0.1, 0.15) is 33.1 Å².